The van der Waals surface area contributed by atoms with Crippen molar-refractivity contribution in [3.8, 4) is 5.69 Å². The molecule has 104 valence electrons. The normalized spacial score (nSPS) is 11.1. The van der Waals surface area contributed by atoms with Gasteiger partial charge >= 0.3 is 0 Å². The molecule has 3 aromatic rings. The highest BCUT2D eigenvalue weighted by atomic mass is 35.5. The number of rotatable bonds is 4. The summed E-state index contributed by atoms with van der Waals surface area (Å²) in [6.07, 6.45) is 8.64. The first kappa shape index (κ1) is 13.8. The highest BCUT2D eigenvalue weighted by Crippen LogP contribution is 2.22. The number of nitrogens with zero attached hydrogens (tertiary/aromatic N) is 2. The molecular weight excluding hydrogens is 304 g/mol. The summed E-state index contributed by atoms with van der Waals surface area (Å²) in [6, 6.07) is 11.1. The Morgan fingerprint density at radius 1 is 1.19 bits per heavy atom. The molecule has 2 heterocycles. The Morgan fingerprint density at radius 3 is 2.62 bits per heavy atom. The Balaban J connectivity index is 1.74. The van der Waals surface area contributed by atoms with Crippen LogP contribution in [0.25, 0.3) is 11.8 Å². The van der Waals surface area contributed by atoms with Gasteiger partial charge in [0.1, 0.15) is 0 Å². The van der Waals surface area contributed by atoms with Gasteiger partial charge in [0.05, 0.1) is 10.7 Å². The van der Waals surface area contributed by atoms with Crippen molar-refractivity contribution in [1.29, 1.82) is 0 Å². The third-order valence-corrected chi connectivity index (χ3v) is 4.14. The van der Waals surface area contributed by atoms with E-state index in [9.17, 15) is 4.79 Å². The zero-order chi connectivity index (χ0) is 14.7. The predicted octanol–water partition coefficient (Wildman–Crippen LogP) is 4.48. The molecule has 0 saturated heterocycles. The van der Waals surface area contributed by atoms with Gasteiger partial charge in [-0.2, -0.15) is 0 Å². The molecule has 0 aliphatic heterocycles. The monoisotopic (exact) mass is 314 g/mol. The zero-order valence-corrected chi connectivity index (χ0v) is 12.5. The van der Waals surface area contributed by atoms with E-state index >= 15 is 0 Å². The van der Waals surface area contributed by atoms with Crippen LogP contribution in [0.1, 0.15) is 15.2 Å². The lowest BCUT2D eigenvalue weighted by Crippen LogP contribution is -1.95. The minimum atomic E-state index is -0.0308. The van der Waals surface area contributed by atoms with Gasteiger partial charge in [0.25, 0.3) is 0 Å². The molecule has 0 fully saturated rings. The van der Waals surface area contributed by atoms with E-state index in [0.717, 1.165) is 10.6 Å². The summed E-state index contributed by atoms with van der Waals surface area (Å²) in [5, 5.41) is 0. The van der Waals surface area contributed by atoms with Crippen LogP contribution in [0.3, 0.4) is 0 Å². The van der Waals surface area contributed by atoms with Crippen molar-refractivity contribution in [2.45, 2.75) is 0 Å². The number of allylic oxidation sites excluding steroid dienone is 1. The van der Waals surface area contributed by atoms with Crippen LogP contribution < -0.4 is 0 Å². The summed E-state index contributed by atoms with van der Waals surface area (Å²) in [5.41, 5.74) is 1.62. The predicted molar refractivity (Wildman–Crippen MR) is 86.3 cm³/mol. The van der Waals surface area contributed by atoms with E-state index in [1.807, 2.05) is 47.2 Å². The average Bonchev–Trinajstić information content (AvgIpc) is 3.16. The second kappa shape index (κ2) is 6.08. The lowest BCUT2D eigenvalue weighted by atomic mass is 10.1. The van der Waals surface area contributed by atoms with Gasteiger partial charge in [-0.1, -0.05) is 11.6 Å². The summed E-state index contributed by atoms with van der Waals surface area (Å²) in [7, 11) is 0. The second-order valence-corrected chi connectivity index (χ2v) is 6.10. The first-order valence-electron chi connectivity index (χ1n) is 6.28. The lowest BCUT2D eigenvalue weighted by molar-refractivity contribution is 0.104. The highest BCUT2D eigenvalue weighted by molar-refractivity contribution is 7.17. The SMILES string of the molecule is O=C(/C=C/c1ccc(Cl)s1)c1ccc(-n2ccnc2)cc1. The van der Waals surface area contributed by atoms with Crippen molar-refractivity contribution < 1.29 is 4.79 Å². The van der Waals surface area contributed by atoms with Crippen molar-refractivity contribution in [3.05, 3.63) is 76.0 Å². The Labute approximate surface area is 131 Å². The van der Waals surface area contributed by atoms with Gasteiger partial charge in [0, 0.05) is 28.5 Å². The van der Waals surface area contributed by atoms with Crippen LogP contribution >= 0.6 is 22.9 Å². The van der Waals surface area contributed by atoms with Crippen LogP contribution in [0, 0.1) is 0 Å². The van der Waals surface area contributed by atoms with E-state index in [-0.39, 0.29) is 5.78 Å². The van der Waals surface area contributed by atoms with E-state index in [1.54, 1.807) is 24.7 Å². The third-order valence-electron chi connectivity index (χ3n) is 2.95. The van der Waals surface area contributed by atoms with Crippen molar-refractivity contribution in [2.75, 3.05) is 0 Å². The van der Waals surface area contributed by atoms with E-state index < -0.39 is 0 Å². The molecule has 0 N–H and O–H groups in total. The molecule has 0 saturated carbocycles. The molecule has 2 aromatic heterocycles. The van der Waals surface area contributed by atoms with Crippen molar-refractivity contribution in [1.82, 2.24) is 9.55 Å². The van der Waals surface area contributed by atoms with Gasteiger partial charge in [0.2, 0.25) is 0 Å². The van der Waals surface area contributed by atoms with Crippen LogP contribution in [-0.4, -0.2) is 15.3 Å². The summed E-state index contributed by atoms with van der Waals surface area (Å²) < 4.78 is 2.60. The molecule has 0 radical (unpaired) electrons. The van der Waals surface area contributed by atoms with Crippen molar-refractivity contribution in [3.63, 3.8) is 0 Å². The summed E-state index contributed by atoms with van der Waals surface area (Å²) >= 11 is 7.29. The molecule has 3 nitrogen and oxygen atoms in total. The molecule has 5 heteroatoms. The Kier molecular flexibility index (Phi) is 3.99. The maximum atomic E-state index is 12.1. The number of aromatic nitrogens is 2. The fourth-order valence-corrected chi connectivity index (χ4v) is 2.85. The minimum absolute atomic E-state index is 0.0308. The number of hydrogen-bond acceptors (Lipinski definition) is 3. The largest absolute Gasteiger partial charge is 0.306 e. The zero-order valence-electron chi connectivity index (χ0n) is 10.9. The Hall–Kier alpha value is -2.17. The van der Waals surface area contributed by atoms with Crippen LogP contribution in [0.15, 0.2) is 61.2 Å². The molecule has 21 heavy (non-hydrogen) atoms. The van der Waals surface area contributed by atoms with Crippen molar-refractivity contribution >= 4 is 34.8 Å². The number of carbonyl (C=O) groups is 1. The smallest absolute Gasteiger partial charge is 0.185 e. The summed E-state index contributed by atoms with van der Waals surface area (Å²) in [4.78, 5) is 17.0. The maximum Gasteiger partial charge on any atom is 0.185 e. The molecule has 0 atom stereocenters. The molecule has 0 unspecified atom stereocenters. The van der Waals surface area contributed by atoms with Crippen LogP contribution in [0.5, 0.6) is 0 Å². The van der Waals surface area contributed by atoms with Gasteiger partial charge < -0.3 is 4.57 Å². The number of benzene rings is 1. The van der Waals surface area contributed by atoms with E-state index in [0.29, 0.717) is 9.90 Å². The van der Waals surface area contributed by atoms with Gasteiger partial charge in [-0.25, -0.2) is 4.98 Å². The van der Waals surface area contributed by atoms with Gasteiger partial charge in [-0.3, -0.25) is 4.79 Å². The first-order valence-corrected chi connectivity index (χ1v) is 7.48. The average molecular weight is 315 g/mol. The highest BCUT2D eigenvalue weighted by Gasteiger charge is 2.03. The van der Waals surface area contributed by atoms with Gasteiger partial charge in [-0.15, -0.1) is 11.3 Å². The second-order valence-electron chi connectivity index (χ2n) is 4.36. The topological polar surface area (TPSA) is 34.9 Å². The molecule has 0 aliphatic carbocycles. The first-order chi connectivity index (χ1) is 10.2. The Bertz CT molecular complexity index is 773. The molecule has 0 amide bonds. The lowest BCUT2D eigenvalue weighted by Gasteiger charge is -2.02. The molecule has 0 aliphatic rings. The van der Waals surface area contributed by atoms with Crippen molar-refractivity contribution in [2.24, 2.45) is 0 Å². The number of halogens is 1. The molecule has 3 rings (SSSR count). The molecule has 0 spiro atoms. The molecular formula is C16H11ClN2OS. The van der Waals surface area contributed by atoms with Gasteiger partial charge in [0.15, 0.2) is 5.78 Å². The van der Waals surface area contributed by atoms with Crippen LogP contribution in [0.2, 0.25) is 4.34 Å². The number of hydrogen-bond donors (Lipinski definition) is 0. The fraction of sp³-hybridized carbons (Fsp3) is 0. The standard InChI is InChI=1S/C16H11ClN2OS/c17-16-8-6-14(21-16)5-7-15(20)12-1-3-13(4-2-12)19-10-9-18-11-19/h1-11H/b7-5+. The maximum absolute atomic E-state index is 12.1. The molecule has 0 bridgehead atoms. The molecule has 1 aromatic carbocycles. The minimum Gasteiger partial charge on any atom is -0.306 e. The number of ketones is 1. The quantitative estimate of drug-likeness (QED) is 0.525. The van der Waals surface area contributed by atoms with E-state index in [4.69, 9.17) is 11.6 Å². The third kappa shape index (κ3) is 3.29. The Morgan fingerprint density at radius 2 is 2.00 bits per heavy atom. The van der Waals surface area contributed by atoms with Crippen LogP contribution in [0.4, 0.5) is 0 Å². The number of carbonyl (C=O) groups excluding carboxylic acids is 1. The van der Waals surface area contributed by atoms with Crippen LogP contribution in [-0.2, 0) is 0 Å². The van der Waals surface area contributed by atoms with E-state index in [1.165, 1.54) is 11.3 Å². The van der Waals surface area contributed by atoms with E-state index in [2.05, 4.69) is 4.98 Å². The summed E-state index contributed by atoms with van der Waals surface area (Å²) in [5.74, 6) is -0.0308. The summed E-state index contributed by atoms with van der Waals surface area (Å²) in [6.45, 7) is 0. The van der Waals surface area contributed by atoms with Gasteiger partial charge in [-0.05, 0) is 48.6 Å². The number of thiophene rings is 1. The fourth-order valence-electron chi connectivity index (χ4n) is 1.88. The number of imidazole rings is 1.